The Labute approximate surface area is 227 Å². The number of hydrogen-bond donors (Lipinski definition) is 2. The number of ether oxygens (including phenoxy) is 1. The number of hydrogen-bond acceptors (Lipinski definition) is 8. The minimum absolute atomic E-state index is 0.216. The second-order valence-corrected chi connectivity index (χ2v) is 10.5. The molecule has 39 heavy (non-hydrogen) atoms. The molecule has 202 valence electrons. The summed E-state index contributed by atoms with van der Waals surface area (Å²) in [6, 6.07) is 14.9. The maximum atomic E-state index is 11.1. The lowest BCUT2D eigenvalue weighted by molar-refractivity contribution is 0.0697. The number of carbonyl (C=O) groups is 1. The van der Waals surface area contributed by atoms with E-state index in [-0.39, 0.29) is 11.6 Å². The summed E-state index contributed by atoms with van der Waals surface area (Å²) in [6.07, 6.45) is 5.95. The van der Waals surface area contributed by atoms with Crippen LogP contribution < -0.4 is 10.5 Å². The quantitative estimate of drug-likeness (QED) is 0.378. The highest BCUT2D eigenvalue weighted by Gasteiger charge is 2.30. The van der Waals surface area contributed by atoms with E-state index >= 15 is 0 Å². The Balaban J connectivity index is 1.21. The third kappa shape index (κ3) is 5.17. The van der Waals surface area contributed by atoms with Crippen LogP contribution in [0.15, 0.2) is 54.9 Å². The fourth-order valence-corrected chi connectivity index (χ4v) is 5.79. The van der Waals surface area contributed by atoms with Crippen LogP contribution in [0.5, 0.6) is 11.5 Å². The molecule has 2 aromatic carbocycles. The van der Waals surface area contributed by atoms with Crippen molar-refractivity contribution in [2.24, 2.45) is 0 Å². The molecule has 2 aliphatic rings. The van der Waals surface area contributed by atoms with Crippen molar-refractivity contribution in [1.82, 2.24) is 29.5 Å². The van der Waals surface area contributed by atoms with Crippen molar-refractivity contribution in [3.8, 4) is 22.8 Å². The number of likely N-dealkylation sites (N-methyl/N-ethyl adjacent to an activating group) is 1. The Morgan fingerprint density at radius 3 is 2.15 bits per heavy atom. The maximum absolute atomic E-state index is 11.1. The summed E-state index contributed by atoms with van der Waals surface area (Å²) in [6.45, 7) is 4.59. The normalized spacial score (nSPS) is 20.7. The zero-order chi connectivity index (χ0) is 26.9. The molecular weight excluding hydrogens is 494 g/mol. The number of nitrogens with zero attached hydrogens (tertiary/aromatic N) is 6. The van der Waals surface area contributed by atoms with Gasteiger partial charge < -0.3 is 20.5 Å². The van der Waals surface area contributed by atoms with Crippen LogP contribution in [-0.2, 0) is 0 Å². The molecule has 0 bridgehead atoms. The molecule has 1 aliphatic carbocycles. The van der Waals surface area contributed by atoms with Crippen molar-refractivity contribution in [1.29, 1.82) is 0 Å². The number of rotatable bonds is 6. The number of aromatic carboxylic acids is 1. The summed E-state index contributed by atoms with van der Waals surface area (Å²) < 4.78 is 7.97. The molecule has 2 aromatic heterocycles. The molecule has 0 spiro atoms. The Morgan fingerprint density at radius 1 is 0.897 bits per heavy atom. The molecule has 4 aromatic rings. The number of nitrogen functional groups attached to an aromatic ring is 1. The molecule has 0 unspecified atom stereocenters. The molecule has 1 saturated heterocycles. The number of anilines is 1. The average Bonchev–Trinajstić information content (AvgIpc) is 3.35. The van der Waals surface area contributed by atoms with E-state index in [4.69, 9.17) is 20.7 Å². The van der Waals surface area contributed by atoms with Gasteiger partial charge in [-0.15, -0.1) is 0 Å². The van der Waals surface area contributed by atoms with E-state index < -0.39 is 5.97 Å². The van der Waals surface area contributed by atoms with Gasteiger partial charge in [0.15, 0.2) is 5.65 Å². The van der Waals surface area contributed by atoms with Gasteiger partial charge in [-0.3, -0.25) is 4.90 Å². The highest BCUT2D eigenvalue weighted by molar-refractivity contribution is 5.98. The molecule has 0 radical (unpaired) electrons. The fraction of sp³-hybridized carbons (Fsp3) is 0.379. The Bertz CT molecular complexity index is 1450. The van der Waals surface area contributed by atoms with Crippen molar-refractivity contribution in [3.05, 3.63) is 60.4 Å². The second-order valence-electron chi connectivity index (χ2n) is 10.5. The molecule has 10 nitrogen and oxygen atoms in total. The number of carboxylic acid groups (broad SMARTS) is 1. The molecule has 10 heteroatoms. The Kier molecular flexibility index (Phi) is 6.88. The van der Waals surface area contributed by atoms with Gasteiger partial charge in [0.25, 0.3) is 0 Å². The lowest BCUT2D eigenvalue weighted by Gasteiger charge is -2.41. The van der Waals surface area contributed by atoms with Crippen molar-refractivity contribution in [3.63, 3.8) is 0 Å². The largest absolute Gasteiger partial charge is 0.478 e. The van der Waals surface area contributed by atoms with Gasteiger partial charge in [-0.05, 0) is 81.3 Å². The van der Waals surface area contributed by atoms with E-state index in [0.717, 1.165) is 74.2 Å². The number of aromatic nitrogens is 4. The third-order valence-electron chi connectivity index (χ3n) is 8.05. The zero-order valence-electron chi connectivity index (χ0n) is 22.0. The minimum Gasteiger partial charge on any atom is -0.478 e. The summed E-state index contributed by atoms with van der Waals surface area (Å²) in [4.78, 5) is 25.0. The van der Waals surface area contributed by atoms with Crippen LogP contribution in [0.25, 0.3) is 22.3 Å². The van der Waals surface area contributed by atoms with Gasteiger partial charge in [0.1, 0.15) is 29.3 Å². The van der Waals surface area contributed by atoms with Gasteiger partial charge >= 0.3 is 5.97 Å². The van der Waals surface area contributed by atoms with Crippen LogP contribution in [0.3, 0.4) is 0 Å². The molecule has 1 aliphatic heterocycles. The van der Waals surface area contributed by atoms with E-state index in [1.807, 2.05) is 24.3 Å². The summed E-state index contributed by atoms with van der Waals surface area (Å²) in [5.74, 6) is 0.652. The first-order valence-corrected chi connectivity index (χ1v) is 13.5. The Morgan fingerprint density at radius 2 is 1.51 bits per heavy atom. The first-order valence-electron chi connectivity index (χ1n) is 13.5. The summed E-state index contributed by atoms with van der Waals surface area (Å²) in [5.41, 5.74) is 9.01. The van der Waals surface area contributed by atoms with E-state index in [0.29, 0.717) is 23.4 Å². The molecule has 3 heterocycles. The monoisotopic (exact) mass is 527 g/mol. The maximum Gasteiger partial charge on any atom is 0.335 e. The number of benzene rings is 2. The van der Waals surface area contributed by atoms with Crippen molar-refractivity contribution < 1.29 is 14.6 Å². The van der Waals surface area contributed by atoms with Gasteiger partial charge in [-0.1, -0.05) is 0 Å². The van der Waals surface area contributed by atoms with Gasteiger partial charge in [-0.25, -0.2) is 19.4 Å². The zero-order valence-corrected chi connectivity index (χ0v) is 22.0. The van der Waals surface area contributed by atoms with Crippen LogP contribution in [-0.4, -0.2) is 79.9 Å². The van der Waals surface area contributed by atoms with E-state index in [2.05, 4.69) is 31.5 Å². The number of piperazine rings is 1. The van der Waals surface area contributed by atoms with Crippen LogP contribution in [0.4, 0.5) is 5.82 Å². The summed E-state index contributed by atoms with van der Waals surface area (Å²) in [7, 11) is 2.20. The number of fused-ring (bicyclic) bond motifs is 1. The first kappa shape index (κ1) is 25.3. The minimum atomic E-state index is -0.969. The van der Waals surface area contributed by atoms with E-state index in [1.54, 1.807) is 12.1 Å². The van der Waals surface area contributed by atoms with E-state index in [9.17, 15) is 4.79 Å². The SMILES string of the molecule is CN1CCN(C2CCC(n3nc(-c4ccc(Oc5ccc(C(=O)O)cc5)cc4)c4c(N)ncnc43)CC2)CC1. The van der Waals surface area contributed by atoms with Gasteiger partial charge in [-0.2, -0.15) is 5.10 Å². The lowest BCUT2D eigenvalue weighted by Crippen LogP contribution is -2.49. The van der Waals surface area contributed by atoms with Gasteiger partial charge in [0, 0.05) is 37.8 Å². The fourth-order valence-electron chi connectivity index (χ4n) is 5.79. The molecule has 1 saturated carbocycles. The molecule has 0 atom stereocenters. The predicted octanol–water partition coefficient (Wildman–Crippen LogP) is 4.30. The number of nitrogens with two attached hydrogens (primary N) is 1. The van der Waals surface area contributed by atoms with Crippen LogP contribution >= 0.6 is 0 Å². The number of carboxylic acids is 1. The highest BCUT2D eigenvalue weighted by atomic mass is 16.5. The van der Waals surface area contributed by atoms with Crippen molar-refractivity contribution >= 4 is 22.8 Å². The average molecular weight is 528 g/mol. The molecule has 2 fully saturated rings. The van der Waals surface area contributed by atoms with Crippen molar-refractivity contribution in [2.75, 3.05) is 39.0 Å². The van der Waals surface area contributed by atoms with E-state index in [1.165, 1.54) is 18.5 Å². The highest BCUT2D eigenvalue weighted by Crippen LogP contribution is 2.37. The van der Waals surface area contributed by atoms with Crippen LogP contribution in [0.2, 0.25) is 0 Å². The molecular formula is C29H33N7O3. The van der Waals surface area contributed by atoms with Crippen LogP contribution in [0, 0.1) is 0 Å². The summed E-state index contributed by atoms with van der Waals surface area (Å²) in [5, 5.41) is 14.9. The Hall–Kier alpha value is -4.02. The smallest absolute Gasteiger partial charge is 0.335 e. The molecule has 0 amide bonds. The lowest BCUT2D eigenvalue weighted by atomic mass is 9.90. The summed E-state index contributed by atoms with van der Waals surface area (Å²) >= 11 is 0. The first-order chi connectivity index (χ1) is 19.0. The third-order valence-corrected chi connectivity index (χ3v) is 8.05. The predicted molar refractivity (Wildman–Crippen MR) is 149 cm³/mol. The molecule has 6 rings (SSSR count). The van der Waals surface area contributed by atoms with Gasteiger partial charge in [0.2, 0.25) is 0 Å². The second kappa shape index (κ2) is 10.6. The van der Waals surface area contributed by atoms with Crippen molar-refractivity contribution in [2.45, 2.75) is 37.8 Å². The van der Waals surface area contributed by atoms with Crippen LogP contribution in [0.1, 0.15) is 42.1 Å². The molecule has 3 N–H and O–H groups in total. The standard InChI is InChI=1S/C29H33N7O3/c1-34-14-16-35(17-15-34)21-6-8-22(9-7-21)36-28-25(27(30)31-18-32-28)26(33-36)19-2-10-23(11-3-19)39-24-12-4-20(5-13-24)29(37)38/h2-5,10-13,18,21-22H,6-9,14-17H2,1H3,(H,37,38)(H2,30,31,32). The van der Waals surface area contributed by atoms with Gasteiger partial charge in [0.05, 0.1) is 17.0 Å². The topological polar surface area (TPSA) is 123 Å².